The van der Waals surface area contributed by atoms with Gasteiger partial charge in [0.15, 0.2) is 0 Å². The fraction of sp³-hybridized carbons (Fsp3) is 0.333. The van der Waals surface area contributed by atoms with Gasteiger partial charge in [0.2, 0.25) is 0 Å². The SMILES string of the molecule is CN1C(=O)N(c2ccc([N+](=O)[O-])cc2)C(=O)C1(C)C. The van der Waals surface area contributed by atoms with Gasteiger partial charge in [-0.05, 0) is 26.0 Å². The van der Waals surface area contributed by atoms with Gasteiger partial charge in [0.05, 0.1) is 10.6 Å². The summed E-state index contributed by atoms with van der Waals surface area (Å²) in [5, 5.41) is 10.6. The number of amides is 3. The Morgan fingerprint density at radius 1 is 1.16 bits per heavy atom. The summed E-state index contributed by atoms with van der Waals surface area (Å²) in [4.78, 5) is 36.7. The van der Waals surface area contributed by atoms with Gasteiger partial charge in [-0.15, -0.1) is 0 Å². The molecule has 0 aromatic heterocycles. The second kappa shape index (κ2) is 4.04. The summed E-state index contributed by atoms with van der Waals surface area (Å²) < 4.78 is 0. The lowest BCUT2D eigenvalue weighted by Crippen LogP contribution is -2.41. The molecule has 0 bridgehead atoms. The number of benzene rings is 1. The number of urea groups is 1. The molecule has 3 amide bonds. The summed E-state index contributed by atoms with van der Waals surface area (Å²) in [5.41, 5.74) is -0.674. The molecular formula is C12H13N3O4. The highest BCUT2D eigenvalue weighted by molar-refractivity contribution is 6.22. The molecule has 19 heavy (non-hydrogen) atoms. The van der Waals surface area contributed by atoms with Gasteiger partial charge in [-0.2, -0.15) is 0 Å². The highest BCUT2D eigenvalue weighted by Gasteiger charge is 2.49. The number of rotatable bonds is 2. The Balaban J connectivity index is 2.40. The van der Waals surface area contributed by atoms with Crippen molar-refractivity contribution in [3.63, 3.8) is 0 Å². The van der Waals surface area contributed by atoms with Crippen LogP contribution >= 0.6 is 0 Å². The van der Waals surface area contributed by atoms with Crippen LogP contribution in [0.1, 0.15) is 13.8 Å². The van der Waals surface area contributed by atoms with E-state index in [4.69, 9.17) is 0 Å². The number of anilines is 1. The number of likely N-dealkylation sites (N-methyl/N-ethyl adjacent to an activating group) is 1. The predicted molar refractivity (Wildman–Crippen MR) is 67.8 cm³/mol. The normalized spacial score (nSPS) is 18.1. The Bertz CT molecular complexity index is 565. The van der Waals surface area contributed by atoms with Crippen LogP contribution in [0.15, 0.2) is 24.3 Å². The molecule has 0 unspecified atom stereocenters. The van der Waals surface area contributed by atoms with Crippen LogP contribution in [-0.2, 0) is 4.79 Å². The molecule has 0 spiro atoms. The second-order valence-corrected chi connectivity index (χ2v) is 4.81. The highest BCUT2D eigenvalue weighted by atomic mass is 16.6. The molecule has 0 atom stereocenters. The summed E-state index contributed by atoms with van der Waals surface area (Å²) in [6, 6.07) is 4.87. The van der Waals surface area contributed by atoms with Gasteiger partial charge in [-0.3, -0.25) is 14.9 Å². The number of carbonyl (C=O) groups is 2. The molecule has 1 heterocycles. The Morgan fingerprint density at radius 3 is 2.05 bits per heavy atom. The maximum Gasteiger partial charge on any atom is 0.332 e. The van der Waals surface area contributed by atoms with E-state index in [2.05, 4.69) is 0 Å². The van der Waals surface area contributed by atoms with Gasteiger partial charge in [0.1, 0.15) is 5.54 Å². The standard InChI is InChI=1S/C12H13N3O4/c1-12(2)10(16)14(11(17)13(12)3)8-4-6-9(7-5-8)15(18)19/h4-7H,1-3H3. The third-order valence-electron chi connectivity index (χ3n) is 3.36. The van der Waals surface area contributed by atoms with Crippen LogP contribution in [0.25, 0.3) is 0 Å². The minimum absolute atomic E-state index is 0.0875. The molecule has 0 radical (unpaired) electrons. The minimum atomic E-state index is -0.918. The molecule has 0 aliphatic carbocycles. The van der Waals surface area contributed by atoms with Crippen LogP contribution in [-0.4, -0.2) is 34.3 Å². The summed E-state index contributed by atoms with van der Waals surface area (Å²) >= 11 is 0. The molecule has 0 saturated carbocycles. The van der Waals surface area contributed by atoms with E-state index in [1.54, 1.807) is 20.9 Å². The average molecular weight is 263 g/mol. The predicted octanol–water partition coefficient (Wildman–Crippen LogP) is 1.77. The first-order valence-electron chi connectivity index (χ1n) is 5.63. The molecular weight excluding hydrogens is 250 g/mol. The fourth-order valence-corrected chi connectivity index (χ4v) is 1.84. The third-order valence-corrected chi connectivity index (χ3v) is 3.36. The molecule has 7 heteroatoms. The lowest BCUT2D eigenvalue weighted by molar-refractivity contribution is -0.384. The van der Waals surface area contributed by atoms with Crippen molar-refractivity contribution in [2.75, 3.05) is 11.9 Å². The molecule has 100 valence electrons. The van der Waals surface area contributed by atoms with Crippen molar-refractivity contribution in [3.8, 4) is 0 Å². The zero-order valence-electron chi connectivity index (χ0n) is 10.8. The zero-order valence-corrected chi connectivity index (χ0v) is 10.8. The minimum Gasteiger partial charge on any atom is -0.313 e. The average Bonchev–Trinajstić information content (AvgIpc) is 2.51. The van der Waals surface area contributed by atoms with Gasteiger partial charge < -0.3 is 4.90 Å². The smallest absolute Gasteiger partial charge is 0.313 e. The molecule has 0 N–H and O–H groups in total. The number of non-ortho nitro benzene ring substituents is 1. The first-order chi connectivity index (χ1) is 8.76. The number of hydrogen-bond acceptors (Lipinski definition) is 4. The van der Waals surface area contributed by atoms with Gasteiger partial charge in [-0.1, -0.05) is 0 Å². The maximum absolute atomic E-state index is 12.2. The topological polar surface area (TPSA) is 83.8 Å². The Kier molecular flexibility index (Phi) is 2.77. The van der Waals surface area contributed by atoms with Crippen molar-refractivity contribution in [1.82, 2.24) is 4.90 Å². The van der Waals surface area contributed by atoms with Crippen molar-refractivity contribution < 1.29 is 14.5 Å². The van der Waals surface area contributed by atoms with Crippen molar-refractivity contribution in [1.29, 1.82) is 0 Å². The second-order valence-electron chi connectivity index (χ2n) is 4.81. The van der Waals surface area contributed by atoms with Crippen LogP contribution in [0.4, 0.5) is 16.2 Å². The Hall–Kier alpha value is -2.44. The molecule has 7 nitrogen and oxygen atoms in total. The van der Waals surface area contributed by atoms with E-state index in [1.165, 1.54) is 29.2 Å². The molecule has 1 aromatic carbocycles. The monoisotopic (exact) mass is 263 g/mol. The first kappa shape index (κ1) is 13.0. The van der Waals surface area contributed by atoms with Crippen LogP contribution < -0.4 is 4.90 Å². The number of imide groups is 1. The van der Waals surface area contributed by atoms with E-state index in [9.17, 15) is 19.7 Å². The van der Waals surface area contributed by atoms with E-state index in [0.717, 1.165) is 4.90 Å². The molecule has 1 saturated heterocycles. The van der Waals surface area contributed by atoms with E-state index in [-0.39, 0.29) is 11.6 Å². The molecule has 1 aliphatic heterocycles. The van der Waals surface area contributed by atoms with Gasteiger partial charge >= 0.3 is 6.03 Å². The van der Waals surface area contributed by atoms with Crippen molar-refractivity contribution >= 4 is 23.3 Å². The summed E-state index contributed by atoms with van der Waals surface area (Å²) in [6.07, 6.45) is 0. The van der Waals surface area contributed by atoms with E-state index in [1.807, 2.05) is 0 Å². The van der Waals surface area contributed by atoms with Crippen LogP contribution in [0.2, 0.25) is 0 Å². The van der Waals surface area contributed by atoms with E-state index < -0.39 is 16.5 Å². The number of hydrogen-bond donors (Lipinski definition) is 0. The summed E-state index contributed by atoms with van der Waals surface area (Å²) in [5.74, 6) is -0.353. The van der Waals surface area contributed by atoms with E-state index >= 15 is 0 Å². The number of nitro benzene ring substituents is 1. The van der Waals surface area contributed by atoms with Gasteiger partial charge in [0.25, 0.3) is 11.6 Å². The van der Waals surface area contributed by atoms with E-state index in [0.29, 0.717) is 5.69 Å². The number of carbonyl (C=O) groups excluding carboxylic acids is 2. The number of nitro groups is 1. The fourth-order valence-electron chi connectivity index (χ4n) is 1.84. The maximum atomic E-state index is 12.2. The van der Waals surface area contributed by atoms with Crippen LogP contribution in [0.3, 0.4) is 0 Å². The largest absolute Gasteiger partial charge is 0.332 e. The molecule has 1 aromatic rings. The highest BCUT2D eigenvalue weighted by Crippen LogP contribution is 2.31. The Labute approximate surface area is 109 Å². The van der Waals surface area contributed by atoms with Crippen molar-refractivity contribution in [2.45, 2.75) is 19.4 Å². The summed E-state index contributed by atoms with van der Waals surface area (Å²) in [7, 11) is 1.55. The third kappa shape index (κ3) is 1.83. The van der Waals surface area contributed by atoms with Gasteiger partial charge in [0, 0.05) is 19.2 Å². The molecule has 1 aliphatic rings. The lowest BCUT2D eigenvalue weighted by Gasteiger charge is -2.22. The lowest BCUT2D eigenvalue weighted by atomic mass is 10.0. The van der Waals surface area contributed by atoms with Crippen molar-refractivity contribution in [3.05, 3.63) is 34.4 Å². The van der Waals surface area contributed by atoms with Crippen molar-refractivity contribution in [2.24, 2.45) is 0 Å². The first-order valence-corrected chi connectivity index (χ1v) is 5.63. The molecule has 1 fully saturated rings. The zero-order chi connectivity index (χ0) is 14.4. The van der Waals surface area contributed by atoms with Crippen LogP contribution in [0, 0.1) is 10.1 Å². The number of nitrogens with zero attached hydrogens (tertiary/aromatic N) is 3. The Morgan fingerprint density at radius 2 is 1.68 bits per heavy atom. The van der Waals surface area contributed by atoms with Crippen LogP contribution in [0.5, 0.6) is 0 Å². The quantitative estimate of drug-likeness (QED) is 0.462. The summed E-state index contributed by atoms with van der Waals surface area (Å²) in [6.45, 7) is 3.30. The molecule has 2 rings (SSSR count). The van der Waals surface area contributed by atoms with Gasteiger partial charge in [-0.25, -0.2) is 9.69 Å².